The number of sulfonamides is 1. The number of thiophene rings is 1. The predicted molar refractivity (Wildman–Crippen MR) is 69.3 cm³/mol. The van der Waals surface area contributed by atoms with Crippen molar-refractivity contribution in [2.75, 3.05) is 20.8 Å². The van der Waals surface area contributed by atoms with Crippen molar-refractivity contribution in [3.63, 3.8) is 0 Å². The van der Waals surface area contributed by atoms with Gasteiger partial charge in [0.05, 0.1) is 13.7 Å². The number of carbonyl (C=O) groups excluding carboxylic acids is 1. The van der Waals surface area contributed by atoms with E-state index in [0.29, 0.717) is 0 Å². The summed E-state index contributed by atoms with van der Waals surface area (Å²) in [6.45, 7) is -0.341. The first-order valence-corrected chi connectivity index (χ1v) is 7.59. The molecule has 0 bridgehead atoms. The van der Waals surface area contributed by atoms with Crippen molar-refractivity contribution in [3.05, 3.63) is 16.3 Å². The molecule has 0 spiro atoms. The van der Waals surface area contributed by atoms with Gasteiger partial charge in [-0.1, -0.05) is 0 Å². The zero-order valence-electron chi connectivity index (χ0n) is 10.7. The van der Waals surface area contributed by atoms with E-state index in [1.54, 1.807) is 0 Å². The van der Waals surface area contributed by atoms with Crippen molar-refractivity contribution in [1.82, 2.24) is 4.72 Å². The Morgan fingerprint density at radius 1 is 1.45 bits per heavy atom. The van der Waals surface area contributed by atoms with Gasteiger partial charge in [0, 0.05) is 7.11 Å². The molecule has 0 aliphatic rings. The Balaban J connectivity index is 3.08. The van der Waals surface area contributed by atoms with Gasteiger partial charge in [-0.3, -0.25) is 4.79 Å². The molecule has 1 heterocycles. The van der Waals surface area contributed by atoms with Gasteiger partial charge in [-0.25, -0.2) is 13.2 Å². The van der Waals surface area contributed by atoms with Crippen LogP contribution in [0.2, 0.25) is 0 Å². The number of hydrogen-bond acceptors (Lipinski definition) is 7. The molecule has 1 aromatic heterocycles. The average molecular weight is 323 g/mol. The van der Waals surface area contributed by atoms with E-state index in [4.69, 9.17) is 5.11 Å². The molecule has 1 aromatic rings. The van der Waals surface area contributed by atoms with Crippen molar-refractivity contribution in [3.8, 4) is 0 Å². The Morgan fingerprint density at radius 2 is 2.10 bits per heavy atom. The lowest BCUT2D eigenvalue weighted by Crippen LogP contribution is -2.43. The van der Waals surface area contributed by atoms with Crippen LogP contribution in [-0.2, 0) is 24.3 Å². The van der Waals surface area contributed by atoms with E-state index >= 15 is 0 Å². The zero-order valence-corrected chi connectivity index (χ0v) is 12.3. The lowest BCUT2D eigenvalue weighted by Gasteiger charge is -2.13. The molecule has 0 fully saturated rings. The highest BCUT2D eigenvalue weighted by Gasteiger charge is 2.29. The van der Waals surface area contributed by atoms with Gasteiger partial charge in [0.2, 0.25) is 10.0 Å². The van der Waals surface area contributed by atoms with Crippen LogP contribution in [-0.4, -0.2) is 52.3 Å². The van der Waals surface area contributed by atoms with Crippen molar-refractivity contribution in [2.24, 2.45) is 0 Å². The molecule has 10 heteroatoms. The second-order valence-electron chi connectivity index (χ2n) is 3.57. The summed E-state index contributed by atoms with van der Waals surface area (Å²) in [4.78, 5) is 21.9. The standard InChI is InChI=1S/C10H13NO7S2/c1-17-5-6(9(12)13)11-20(15,16)7-3-4-19-8(7)10(14)18-2/h3-4,6,11H,5H2,1-2H3,(H,12,13). The Bertz CT molecular complexity index is 593. The van der Waals surface area contributed by atoms with Gasteiger partial charge in [-0.2, -0.15) is 4.72 Å². The number of aliphatic carboxylic acids is 1. The van der Waals surface area contributed by atoms with E-state index in [0.717, 1.165) is 18.4 Å². The largest absolute Gasteiger partial charge is 0.480 e. The van der Waals surface area contributed by atoms with Crippen molar-refractivity contribution < 1.29 is 32.6 Å². The maximum atomic E-state index is 12.1. The lowest BCUT2D eigenvalue weighted by atomic mass is 10.3. The third-order valence-electron chi connectivity index (χ3n) is 2.22. The third-order valence-corrected chi connectivity index (χ3v) is 4.76. The molecule has 2 N–H and O–H groups in total. The number of ether oxygens (including phenoxy) is 2. The minimum atomic E-state index is -4.17. The summed E-state index contributed by atoms with van der Waals surface area (Å²) in [6, 6.07) is -0.249. The lowest BCUT2D eigenvalue weighted by molar-refractivity contribution is -0.140. The molecule has 0 radical (unpaired) electrons. The molecular formula is C10H13NO7S2. The fraction of sp³-hybridized carbons (Fsp3) is 0.400. The van der Waals surface area contributed by atoms with Gasteiger partial charge in [-0.05, 0) is 11.4 Å². The van der Waals surface area contributed by atoms with E-state index in [9.17, 15) is 18.0 Å². The molecular weight excluding hydrogens is 310 g/mol. The minimum Gasteiger partial charge on any atom is -0.480 e. The number of carboxylic acids is 1. The first-order chi connectivity index (χ1) is 9.33. The molecule has 1 rings (SSSR count). The Hall–Kier alpha value is -1.49. The molecule has 0 aliphatic heterocycles. The van der Waals surface area contributed by atoms with Crippen molar-refractivity contribution in [1.29, 1.82) is 0 Å². The van der Waals surface area contributed by atoms with E-state index in [2.05, 4.69) is 9.47 Å². The molecule has 0 amide bonds. The van der Waals surface area contributed by atoms with Crippen LogP contribution in [0.4, 0.5) is 0 Å². The number of esters is 1. The van der Waals surface area contributed by atoms with E-state index in [1.807, 2.05) is 4.72 Å². The van der Waals surface area contributed by atoms with Crippen LogP contribution in [0.1, 0.15) is 9.67 Å². The number of rotatable bonds is 7. The van der Waals surface area contributed by atoms with Crippen LogP contribution in [0.25, 0.3) is 0 Å². The molecule has 0 aromatic carbocycles. The first-order valence-electron chi connectivity index (χ1n) is 5.23. The quantitative estimate of drug-likeness (QED) is 0.673. The van der Waals surface area contributed by atoms with E-state index < -0.39 is 28.0 Å². The van der Waals surface area contributed by atoms with Crippen LogP contribution >= 0.6 is 11.3 Å². The normalized spacial score (nSPS) is 12.9. The van der Waals surface area contributed by atoms with Gasteiger partial charge < -0.3 is 14.6 Å². The first kappa shape index (κ1) is 16.6. The number of carbonyl (C=O) groups is 2. The fourth-order valence-corrected chi connectivity index (χ4v) is 3.83. The molecule has 0 saturated carbocycles. The molecule has 20 heavy (non-hydrogen) atoms. The van der Waals surface area contributed by atoms with Crippen LogP contribution in [0.5, 0.6) is 0 Å². The third kappa shape index (κ3) is 3.76. The molecule has 0 saturated heterocycles. The second kappa shape index (κ2) is 6.79. The number of carboxylic acid groups (broad SMARTS) is 1. The monoisotopic (exact) mass is 323 g/mol. The Labute approximate surface area is 119 Å². The summed E-state index contributed by atoms with van der Waals surface area (Å²) in [5.41, 5.74) is 0. The van der Waals surface area contributed by atoms with Crippen molar-refractivity contribution in [2.45, 2.75) is 10.9 Å². The molecule has 0 aliphatic carbocycles. The summed E-state index contributed by atoms with van der Waals surface area (Å²) in [5.74, 6) is -2.19. The van der Waals surface area contributed by atoms with Crippen LogP contribution in [0.15, 0.2) is 16.3 Å². The minimum absolute atomic E-state index is 0.124. The smallest absolute Gasteiger partial charge is 0.349 e. The second-order valence-corrected chi connectivity index (χ2v) is 6.17. The van der Waals surface area contributed by atoms with Gasteiger partial charge >= 0.3 is 11.9 Å². The molecule has 1 unspecified atom stereocenters. The summed E-state index contributed by atoms with van der Waals surface area (Å²) in [7, 11) is -1.80. The topological polar surface area (TPSA) is 119 Å². The summed E-state index contributed by atoms with van der Waals surface area (Å²) in [6.07, 6.45) is 0. The number of methoxy groups -OCH3 is 2. The van der Waals surface area contributed by atoms with Crippen LogP contribution < -0.4 is 4.72 Å². The van der Waals surface area contributed by atoms with Gasteiger partial charge in [0.15, 0.2) is 0 Å². The average Bonchev–Trinajstić information content (AvgIpc) is 2.87. The molecule has 112 valence electrons. The van der Waals surface area contributed by atoms with Gasteiger partial charge in [0.1, 0.15) is 15.8 Å². The molecule has 1 atom stereocenters. The summed E-state index contributed by atoms with van der Waals surface area (Å²) >= 11 is 0.886. The zero-order chi connectivity index (χ0) is 15.3. The predicted octanol–water partition coefficient (Wildman–Crippen LogP) is -0.0874. The molecule has 8 nitrogen and oxygen atoms in total. The van der Waals surface area contributed by atoms with Crippen molar-refractivity contribution >= 4 is 33.3 Å². The Kier molecular flexibility index (Phi) is 5.62. The van der Waals surface area contributed by atoms with E-state index in [1.165, 1.54) is 18.6 Å². The SMILES string of the molecule is COCC(NS(=O)(=O)c1ccsc1C(=O)OC)C(=O)O. The number of hydrogen-bond donors (Lipinski definition) is 2. The van der Waals surface area contributed by atoms with Crippen LogP contribution in [0.3, 0.4) is 0 Å². The van der Waals surface area contributed by atoms with Gasteiger partial charge in [-0.15, -0.1) is 11.3 Å². The summed E-state index contributed by atoms with van der Waals surface area (Å²) < 4.78 is 35.2. The maximum Gasteiger partial charge on any atom is 0.349 e. The maximum absolute atomic E-state index is 12.1. The van der Waals surface area contributed by atoms with Crippen LogP contribution in [0, 0.1) is 0 Å². The highest BCUT2D eigenvalue weighted by molar-refractivity contribution is 7.89. The highest BCUT2D eigenvalue weighted by atomic mass is 32.2. The van der Waals surface area contributed by atoms with Gasteiger partial charge in [0.25, 0.3) is 0 Å². The summed E-state index contributed by atoms with van der Waals surface area (Å²) in [5, 5.41) is 10.3. The fourth-order valence-electron chi connectivity index (χ4n) is 1.32. The van der Waals surface area contributed by atoms with E-state index in [-0.39, 0.29) is 16.4 Å². The number of nitrogens with one attached hydrogen (secondary N) is 1. The Morgan fingerprint density at radius 3 is 2.60 bits per heavy atom. The highest BCUT2D eigenvalue weighted by Crippen LogP contribution is 2.22.